The standard InChI is InChI=1S/C17H23NO4/c1-10-5-6-13-15(7-10)22-9-14(16(13)19)18-12-4-2-3-11(8-12)17(20)21/h5-7,11-12,14,16,18-19H,2-4,8-9H2,1H3,(H,20,21)/t11-,12+,14+,16-/m0/s1. The number of benzene rings is 1. The molecule has 0 saturated heterocycles. The SMILES string of the molecule is Cc1ccc2c(c1)OC[C@@H](N[C@@H]1CCC[C@H](C(=O)O)C1)[C@H]2O. The molecule has 1 aliphatic carbocycles. The van der Waals surface area contributed by atoms with Crippen LogP contribution in [-0.4, -0.2) is 34.9 Å². The molecule has 0 amide bonds. The van der Waals surface area contributed by atoms with E-state index in [1.165, 1.54) is 0 Å². The van der Waals surface area contributed by atoms with E-state index in [0.29, 0.717) is 13.0 Å². The second-order valence-corrected chi connectivity index (χ2v) is 6.47. The second kappa shape index (κ2) is 6.26. The zero-order chi connectivity index (χ0) is 15.7. The summed E-state index contributed by atoms with van der Waals surface area (Å²) in [6.07, 6.45) is 2.62. The Morgan fingerprint density at radius 1 is 1.36 bits per heavy atom. The number of fused-ring (bicyclic) bond motifs is 1. The van der Waals surface area contributed by atoms with Gasteiger partial charge in [-0.3, -0.25) is 4.79 Å². The number of carbonyl (C=O) groups is 1. The van der Waals surface area contributed by atoms with E-state index >= 15 is 0 Å². The number of aryl methyl sites for hydroxylation is 1. The van der Waals surface area contributed by atoms with Gasteiger partial charge in [0, 0.05) is 11.6 Å². The number of carboxylic acids is 1. The first-order valence-electron chi connectivity index (χ1n) is 7.95. The third kappa shape index (κ3) is 3.10. The van der Waals surface area contributed by atoms with Gasteiger partial charge in [0.25, 0.3) is 0 Å². The first-order valence-corrected chi connectivity index (χ1v) is 7.95. The van der Waals surface area contributed by atoms with Crippen molar-refractivity contribution >= 4 is 5.97 Å². The molecule has 0 radical (unpaired) electrons. The molecule has 0 spiro atoms. The van der Waals surface area contributed by atoms with Crippen LogP contribution in [0.5, 0.6) is 5.75 Å². The summed E-state index contributed by atoms with van der Waals surface area (Å²) < 4.78 is 5.76. The summed E-state index contributed by atoms with van der Waals surface area (Å²) in [7, 11) is 0. The molecule has 1 saturated carbocycles. The summed E-state index contributed by atoms with van der Waals surface area (Å²) >= 11 is 0. The van der Waals surface area contributed by atoms with Crippen molar-refractivity contribution < 1.29 is 19.7 Å². The van der Waals surface area contributed by atoms with E-state index < -0.39 is 12.1 Å². The fourth-order valence-corrected chi connectivity index (χ4v) is 3.51. The number of ether oxygens (including phenoxy) is 1. The van der Waals surface area contributed by atoms with Crippen LogP contribution in [0.25, 0.3) is 0 Å². The van der Waals surface area contributed by atoms with Crippen molar-refractivity contribution in [1.29, 1.82) is 0 Å². The molecule has 3 N–H and O–H groups in total. The van der Waals surface area contributed by atoms with E-state index in [0.717, 1.165) is 36.1 Å². The maximum absolute atomic E-state index is 11.2. The number of aliphatic carboxylic acids is 1. The molecule has 2 aliphatic rings. The van der Waals surface area contributed by atoms with Crippen molar-refractivity contribution in [3.63, 3.8) is 0 Å². The highest BCUT2D eigenvalue weighted by Gasteiger charge is 2.33. The van der Waals surface area contributed by atoms with E-state index in [1.807, 2.05) is 25.1 Å². The number of aliphatic hydroxyl groups excluding tert-OH is 1. The molecule has 3 rings (SSSR count). The molecule has 1 aromatic carbocycles. The molecular formula is C17H23NO4. The van der Waals surface area contributed by atoms with E-state index in [-0.39, 0.29) is 18.0 Å². The Bertz CT molecular complexity index is 560. The van der Waals surface area contributed by atoms with E-state index in [4.69, 9.17) is 9.84 Å². The molecule has 1 aromatic rings. The maximum Gasteiger partial charge on any atom is 0.306 e. The number of hydrogen-bond acceptors (Lipinski definition) is 4. The highest BCUT2D eigenvalue weighted by atomic mass is 16.5. The molecule has 22 heavy (non-hydrogen) atoms. The first-order chi connectivity index (χ1) is 10.5. The lowest BCUT2D eigenvalue weighted by atomic mass is 9.85. The van der Waals surface area contributed by atoms with Crippen LogP contribution in [0.1, 0.15) is 42.9 Å². The van der Waals surface area contributed by atoms with Crippen LogP contribution in [0, 0.1) is 12.8 Å². The summed E-state index contributed by atoms with van der Waals surface area (Å²) in [4.78, 5) is 11.2. The quantitative estimate of drug-likeness (QED) is 0.796. The molecule has 0 aromatic heterocycles. The Morgan fingerprint density at radius 3 is 2.95 bits per heavy atom. The summed E-state index contributed by atoms with van der Waals surface area (Å²) in [5, 5.41) is 23.1. The summed E-state index contributed by atoms with van der Waals surface area (Å²) in [6, 6.07) is 5.76. The van der Waals surface area contributed by atoms with E-state index in [2.05, 4.69) is 5.32 Å². The molecule has 1 fully saturated rings. The number of carboxylic acid groups (broad SMARTS) is 1. The Balaban J connectivity index is 1.66. The number of nitrogens with one attached hydrogen (secondary N) is 1. The summed E-state index contributed by atoms with van der Waals surface area (Å²) in [5.74, 6) is -0.242. The zero-order valence-electron chi connectivity index (χ0n) is 12.8. The first kappa shape index (κ1) is 15.3. The van der Waals surface area contributed by atoms with Gasteiger partial charge in [-0.1, -0.05) is 18.6 Å². The average molecular weight is 305 g/mol. The van der Waals surface area contributed by atoms with Gasteiger partial charge in [0.15, 0.2) is 0 Å². The lowest BCUT2D eigenvalue weighted by Crippen LogP contribution is -2.49. The van der Waals surface area contributed by atoms with Crippen LogP contribution >= 0.6 is 0 Å². The summed E-state index contributed by atoms with van der Waals surface area (Å²) in [5.41, 5.74) is 1.91. The van der Waals surface area contributed by atoms with Crippen LogP contribution in [0.15, 0.2) is 18.2 Å². The van der Waals surface area contributed by atoms with Crippen molar-refractivity contribution in [3.8, 4) is 5.75 Å². The van der Waals surface area contributed by atoms with Gasteiger partial charge in [-0.05, 0) is 37.8 Å². The second-order valence-electron chi connectivity index (χ2n) is 6.47. The maximum atomic E-state index is 11.2. The summed E-state index contributed by atoms with van der Waals surface area (Å²) in [6.45, 7) is 2.40. The molecular weight excluding hydrogens is 282 g/mol. The predicted octanol–water partition coefficient (Wildman–Crippen LogP) is 2.02. The van der Waals surface area contributed by atoms with Crippen LogP contribution in [0.4, 0.5) is 0 Å². The monoisotopic (exact) mass is 305 g/mol. The topological polar surface area (TPSA) is 78.8 Å². The number of rotatable bonds is 3. The van der Waals surface area contributed by atoms with E-state index in [1.54, 1.807) is 0 Å². The van der Waals surface area contributed by atoms with Crippen molar-refractivity contribution in [3.05, 3.63) is 29.3 Å². The fourth-order valence-electron chi connectivity index (χ4n) is 3.51. The highest BCUT2D eigenvalue weighted by Crippen LogP contribution is 2.34. The average Bonchev–Trinajstić information content (AvgIpc) is 2.50. The smallest absolute Gasteiger partial charge is 0.306 e. The van der Waals surface area contributed by atoms with Gasteiger partial charge in [-0.25, -0.2) is 0 Å². The lowest BCUT2D eigenvalue weighted by molar-refractivity contribution is -0.143. The van der Waals surface area contributed by atoms with Gasteiger partial charge in [-0.15, -0.1) is 0 Å². The Morgan fingerprint density at radius 2 is 2.18 bits per heavy atom. The van der Waals surface area contributed by atoms with Crippen LogP contribution < -0.4 is 10.1 Å². The largest absolute Gasteiger partial charge is 0.491 e. The molecule has 5 heteroatoms. The van der Waals surface area contributed by atoms with Gasteiger partial charge >= 0.3 is 5.97 Å². The Hall–Kier alpha value is -1.59. The lowest BCUT2D eigenvalue weighted by Gasteiger charge is -2.36. The van der Waals surface area contributed by atoms with Gasteiger partial charge in [0.05, 0.1) is 12.0 Å². The van der Waals surface area contributed by atoms with Gasteiger partial charge in [-0.2, -0.15) is 0 Å². The molecule has 0 bridgehead atoms. The van der Waals surface area contributed by atoms with Gasteiger partial charge in [0.1, 0.15) is 18.5 Å². The fraction of sp³-hybridized carbons (Fsp3) is 0.588. The minimum Gasteiger partial charge on any atom is -0.491 e. The molecule has 1 aliphatic heterocycles. The van der Waals surface area contributed by atoms with Crippen molar-refractivity contribution in [2.75, 3.05) is 6.61 Å². The normalized spacial score (nSPS) is 31.2. The predicted molar refractivity (Wildman–Crippen MR) is 81.9 cm³/mol. The van der Waals surface area contributed by atoms with Crippen LogP contribution in [0.2, 0.25) is 0 Å². The van der Waals surface area contributed by atoms with Crippen molar-refractivity contribution in [2.24, 2.45) is 5.92 Å². The van der Waals surface area contributed by atoms with Crippen molar-refractivity contribution in [1.82, 2.24) is 5.32 Å². The number of aliphatic hydroxyl groups is 1. The highest BCUT2D eigenvalue weighted by molar-refractivity contribution is 5.70. The minimum absolute atomic E-state index is 0.130. The molecule has 1 heterocycles. The number of hydrogen-bond donors (Lipinski definition) is 3. The van der Waals surface area contributed by atoms with Crippen molar-refractivity contribution in [2.45, 2.75) is 50.8 Å². The molecule has 5 nitrogen and oxygen atoms in total. The molecule has 120 valence electrons. The third-order valence-electron chi connectivity index (χ3n) is 4.76. The van der Waals surface area contributed by atoms with Crippen LogP contribution in [-0.2, 0) is 4.79 Å². The minimum atomic E-state index is -0.715. The third-order valence-corrected chi connectivity index (χ3v) is 4.76. The Kier molecular flexibility index (Phi) is 4.36. The van der Waals surface area contributed by atoms with Gasteiger partial charge in [0.2, 0.25) is 0 Å². The molecule has 4 atom stereocenters. The van der Waals surface area contributed by atoms with Gasteiger partial charge < -0.3 is 20.3 Å². The molecule has 0 unspecified atom stereocenters. The van der Waals surface area contributed by atoms with E-state index in [9.17, 15) is 9.90 Å². The van der Waals surface area contributed by atoms with Crippen LogP contribution in [0.3, 0.4) is 0 Å². The zero-order valence-corrected chi connectivity index (χ0v) is 12.8. The Labute approximate surface area is 130 Å².